The van der Waals surface area contributed by atoms with E-state index < -0.39 is 5.69 Å². The summed E-state index contributed by atoms with van der Waals surface area (Å²) < 4.78 is 1.47. The van der Waals surface area contributed by atoms with Gasteiger partial charge in [0.25, 0.3) is 5.56 Å². The second kappa shape index (κ2) is 6.37. The molecule has 0 atom stereocenters. The Hall–Kier alpha value is -2.10. The Labute approximate surface area is 119 Å². The van der Waals surface area contributed by atoms with Crippen molar-refractivity contribution in [2.75, 3.05) is 6.61 Å². The topological polar surface area (TPSA) is 75.1 Å². The van der Waals surface area contributed by atoms with Gasteiger partial charge in [-0.05, 0) is 17.9 Å². The second-order valence-electron chi connectivity index (χ2n) is 4.11. The number of nitrogens with zero attached hydrogens (tertiary/aromatic N) is 1. The molecule has 0 saturated heterocycles. The van der Waals surface area contributed by atoms with Crippen LogP contribution in [0.1, 0.15) is 22.9 Å². The van der Waals surface area contributed by atoms with E-state index in [0.717, 1.165) is 10.4 Å². The number of aromatic nitrogens is 2. The highest BCUT2D eigenvalue weighted by atomic mass is 32.1. The summed E-state index contributed by atoms with van der Waals surface area (Å²) in [4.78, 5) is 26.5. The number of thiophene rings is 1. The highest BCUT2D eigenvalue weighted by molar-refractivity contribution is 7.10. The molecular formula is C14H14N2O3S. The van der Waals surface area contributed by atoms with Gasteiger partial charge in [-0.2, -0.15) is 0 Å². The summed E-state index contributed by atoms with van der Waals surface area (Å²) in [7, 11) is 0. The predicted octanol–water partition coefficient (Wildman–Crippen LogP) is 0.553. The van der Waals surface area contributed by atoms with E-state index in [2.05, 4.69) is 16.8 Å². The summed E-state index contributed by atoms with van der Waals surface area (Å²) >= 11 is 1.49. The standard InChI is InChI=1S/C14H14N2O3S/c1-2-10-8-16(14(19)15-13(10)18)9-12-11(4-3-6-17)5-7-20-12/h5,7-8,17H,2,6,9H2,1H3,(H,15,18,19). The van der Waals surface area contributed by atoms with E-state index in [1.807, 2.05) is 18.4 Å². The third kappa shape index (κ3) is 3.07. The van der Waals surface area contributed by atoms with Gasteiger partial charge in [-0.1, -0.05) is 18.8 Å². The Kier molecular flexibility index (Phi) is 4.56. The quantitative estimate of drug-likeness (QED) is 0.811. The Morgan fingerprint density at radius 3 is 2.95 bits per heavy atom. The first-order chi connectivity index (χ1) is 9.65. The van der Waals surface area contributed by atoms with Gasteiger partial charge in [0.05, 0.1) is 6.54 Å². The number of aryl methyl sites for hydroxylation is 1. The third-order valence-electron chi connectivity index (χ3n) is 2.83. The Morgan fingerprint density at radius 2 is 2.25 bits per heavy atom. The molecule has 0 aliphatic heterocycles. The number of hydrogen-bond acceptors (Lipinski definition) is 4. The van der Waals surface area contributed by atoms with Crippen molar-refractivity contribution >= 4 is 11.3 Å². The number of hydrogen-bond donors (Lipinski definition) is 2. The van der Waals surface area contributed by atoms with Crippen LogP contribution in [0.2, 0.25) is 0 Å². The molecule has 0 radical (unpaired) electrons. The fourth-order valence-corrected chi connectivity index (χ4v) is 2.62. The maximum absolute atomic E-state index is 11.8. The number of H-pyrrole nitrogens is 1. The van der Waals surface area contributed by atoms with Crippen LogP contribution in [-0.2, 0) is 13.0 Å². The summed E-state index contributed by atoms with van der Waals surface area (Å²) in [5, 5.41) is 10.6. The van der Waals surface area contributed by atoms with Crippen molar-refractivity contribution in [2.24, 2.45) is 0 Å². The second-order valence-corrected chi connectivity index (χ2v) is 5.11. The Bertz CT molecular complexity index is 774. The Balaban J connectivity index is 2.38. The van der Waals surface area contributed by atoms with Gasteiger partial charge < -0.3 is 5.11 Å². The monoisotopic (exact) mass is 290 g/mol. The fourth-order valence-electron chi connectivity index (χ4n) is 1.79. The molecule has 0 spiro atoms. The molecule has 0 bridgehead atoms. The van der Waals surface area contributed by atoms with Crippen molar-refractivity contribution in [1.82, 2.24) is 9.55 Å². The zero-order valence-corrected chi connectivity index (χ0v) is 11.8. The first-order valence-corrected chi connectivity index (χ1v) is 7.02. The molecule has 2 aromatic rings. The normalized spacial score (nSPS) is 10.1. The van der Waals surface area contributed by atoms with Gasteiger partial charge in [-0.3, -0.25) is 14.3 Å². The average Bonchev–Trinajstić information content (AvgIpc) is 2.86. The maximum Gasteiger partial charge on any atom is 0.328 e. The van der Waals surface area contributed by atoms with Crippen LogP contribution in [0.15, 0.2) is 27.2 Å². The van der Waals surface area contributed by atoms with Gasteiger partial charge in [0, 0.05) is 22.2 Å². The number of rotatable bonds is 3. The molecular weight excluding hydrogens is 276 g/mol. The van der Waals surface area contributed by atoms with E-state index in [1.165, 1.54) is 15.9 Å². The Morgan fingerprint density at radius 1 is 1.45 bits per heavy atom. The van der Waals surface area contributed by atoms with Crippen LogP contribution < -0.4 is 11.2 Å². The molecule has 2 aromatic heterocycles. The van der Waals surface area contributed by atoms with E-state index in [4.69, 9.17) is 5.11 Å². The largest absolute Gasteiger partial charge is 0.384 e. The van der Waals surface area contributed by atoms with Crippen molar-refractivity contribution < 1.29 is 5.11 Å². The van der Waals surface area contributed by atoms with Gasteiger partial charge in [0.1, 0.15) is 6.61 Å². The van der Waals surface area contributed by atoms with E-state index in [9.17, 15) is 9.59 Å². The third-order valence-corrected chi connectivity index (χ3v) is 3.73. The van der Waals surface area contributed by atoms with Crippen molar-refractivity contribution in [1.29, 1.82) is 0 Å². The lowest BCUT2D eigenvalue weighted by Crippen LogP contribution is -2.31. The van der Waals surface area contributed by atoms with Gasteiger partial charge in [0.2, 0.25) is 0 Å². The van der Waals surface area contributed by atoms with Gasteiger partial charge >= 0.3 is 5.69 Å². The maximum atomic E-state index is 11.8. The average molecular weight is 290 g/mol. The van der Waals surface area contributed by atoms with Crippen LogP contribution in [0, 0.1) is 11.8 Å². The number of aliphatic hydroxyl groups excluding tert-OH is 1. The van der Waals surface area contributed by atoms with Gasteiger partial charge in [0.15, 0.2) is 0 Å². The smallest absolute Gasteiger partial charge is 0.328 e. The summed E-state index contributed by atoms with van der Waals surface area (Å²) in [5.41, 5.74) is 0.603. The number of aliphatic hydroxyl groups is 1. The lowest BCUT2D eigenvalue weighted by Gasteiger charge is -2.05. The van der Waals surface area contributed by atoms with Crippen molar-refractivity contribution in [2.45, 2.75) is 19.9 Å². The molecule has 2 N–H and O–H groups in total. The molecule has 0 saturated carbocycles. The SMILES string of the molecule is CCc1cn(Cc2sccc2C#CCO)c(=O)[nH]c1=O. The molecule has 0 amide bonds. The summed E-state index contributed by atoms with van der Waals surface area (Å²) in [6.45, 7) is 2.02. The van der Waals surface area contributed by atoms with E-state index in [-0.39, 0.29) is 12.2 Å². The molecule has 5 nitrogen and oxygen atoms in total. The van der Waals surface area contributed by atoms with Gasteiger partial charge in [-0.15, -0.1) is 11.3 Å². The van der Waals surface area contributed by atoms with E-state index in [0.29, 0.717) is 18.5 Å². The lowest BCUT2D eigenvalue weighted by atomic mass is 10.2. The highest BCUT2D eigenvalue weighted by Gasteiger charge is 2.07. The summed E-state index contributed by atoms with van der Waals surface area (Å²) in [6.07, 6.45) is 2.15. The molecule has 0 fully saturated rings. The summed E-state index contributed by atoms with van der Waals surface area (Å²) in [6, 6.07) is 1.85. The molecule has 2 rings (SSSR count). The zero-order valence-electron chi connectivity index (χ0n) is 11.0. The van der Waals surface area contributed by atoms with Crippen LogP contribution >= 0.6 is 11.3 Å². The fraction of sp³-hybridized carbons (Fsp3) is 0.286. The minimum absolute atomic E-state index is 0.201. The molecule has 6 heteroatoms. The minimum atomic E-state index is -0.429. The highest BCUT2D eigenvalue weighted by Crippen LogP contribution is 2.16. The number of nitrogens with one attached hydrogen (secondary N) is 1. The van der Waals surface area contributed by atoms with Crippen LogP contribution in [0.3, 0.4) is 0 Å². The molecule has 2 heterocycles. The summed E-state index contributed by atoms with van der Waals surface area (Å²) in [5.74, 6) is 5.44. The van der Waals surface area contributed by atoms with E-state index >= 15 is 0 Å². The molecule has 20 heavy (non-hydrogen) atoms. The molecule has 0 aromatic carbocycles. The van der Waals surface area contributed by atoms with Crippen molar-refractivity contribution in [3.8, 4) is 11.8 Å². The van der Waals surface area contributed by atoms with Crippen molar-refractivity contribution in [3.05, 3.63) is 54.5 Å². The molecule has 104 valence electrons. The zero-order chi connectivity index (χ0) is 14.5. The first-order valence-electron chi connectivity index (χ1n) is 6.14. The first kappa shape index (κ1) is 14.3. The van der Waals surface area contributed by atoms with Crippen LogP contribution in [-0.4, -0.2) is 21.3 Å². The van der Waals surface area contributed by atoms with Crippen LogP contribution in [0.4, 0.5) is 0 Å². The van der Waals surface area contributed by atoms with Gasteiger partial charge in [-0.25, -0.2) is 4.79 Å². The van der Waals surface area contributed by atoms with Crippen LogP contribution in [0.5, 0.6) is 0 Å². The molecule has 0 unspecified atom stereocenters. The number of aromatic amines is 1. The minimum Gasteiger partial charge on any atom is -0.384 e. The molecule has 0 aliphatic carbocycles. The van der Waals surface area contributed by atoms with Crippen molar-refractivity contribution in [3.63, 3.8) is 0 Å². The molecule has 0 aliphatic rings. The van der Waals surface area contributed by atoms with Crippen LogP contribution in [0.25, 0.3) is 0 Å². The lowest BCUT2D eigenvalue weighted by molar-refractivity contribution is 0.350. The van der Waals surface area contributed by atoms with E-state index in [1.54, 1.807) is 6.20 Å². The predicted molar refractivity (Wildman–Crippen MR) is 78.1 cm³/mol.